The van der Waals surface area contributed by atoms with Gasteiger partial charge in [-0.15, -0.1) is 24.0 Å². The van der Waals surface area contributed by atoms with Gasteiger partial charge in [0.2, 0.25) is 11.8 Å². The van der Waals surface area contributed by atoms with E-state index in [9.17, 15) is 9.18 Å². The van der Waals surface area contributed by atoms with Crippen LogP contribution >= 0.6 is 24.0 Å². The number of carbonyl (C=O) groups excluding carboxylic acids is 1. The van der Waals surface area contributed by atoms with Crippen LogP contribution in [0.5, 0.6) is 11.6 Å². The molecule has 0 spiro atoms. The molecule has 164 valence electrons. The molecule has 0 saturated heterocycles. The molecule has 0 aliphatic carbocycles. The highest BCUT2D eigenvalue weighted by Gasteiger charge is 2.13. The average Bonchev–Trinajstić information content (AvgIpc) is 2.65. The zero-order valence-corrected chi connectivity index (χ0v) is 20.0. The molecule has 7 nitrogen and oxygen atoms in total. The number of carbonyl (C=O) groups is 1. The molecule has 0 aliphatic heterocycles. The summed E-state index contributed by atoms with van der Waals surface area (Å²) in [7, 11) is 0. The predicted octanol–water partition coefficient (Wildman–Crippen LogP) is 3.60. The molecule has 0 atom stereocenters. The molecular weight excluding hydrogens is 500 g/mol. The van der Waals surface area contributed by atoms with Crippen LogP contribution in [0.1, 0.15) is 33.3 Å². The zero-order chi connectivity index (χ0) is 21.3. The number of amides is 1. The highest BCUT2D eigenvalue weighted by atomic mass is 127. The Morgan fingerprint density at radius 1 is 1.17 bits per heavy atom. The van der Waals surface area contributed by atoms with Crippen LogP contribution in [-0.2, 0) is 11.3 Å². The Bertz CT molecular complexity index is 838. The van der Waals surface area contributed by atoms with E-state index in [4.69, 9.17) is 4.74 Å². The third kappa shape index (κ3) is 9.86. The molecule has 2 rings (SSSR count). The van der Waals surface area contributed by atoms with Crippen LogP contribution in [0.25, 0.3) is 0 Å². The van der Waals surface area contributed by atoms with Gasteiger partial charge in [-0.2, -0.15) is 0 Å². The highest BCUT2D eigenvalue weighted by molar-refractivity contribution is 14.0. The quantitative estimate of drug-likeness (QED) is 0.290. The molecule has 30 heavy (non-hydrogen) atoms. The summed E-state index contributed by atoms with van der Waals surface area (Å²) >= 11 is 0. The summed E-state index contributed by atoms with van der Waals surface area (Å²) in [4.78, 5) is 20.6. The minimum Gasteiger partial charge on any atom is -0.439 e. The van der Waals surface area contributed by atoms with Gasteiger partial charge >= 0.3 is 0 Å². The summed E-state index contributed by atoms with van der Waals surface area (Å²) in [6.45, 7) is 8.91. The average molecular weight is 529 g/mol. The standard InChI is InChI=1S/C21H28FN5O2.HI/c1-5-23-20(26-14-18(28)27-21(2,3)4)25-13-15-10-11-24-19(12-15)29-17-8-6-16(22)7-9-17;/h6-12H,5,13-14H2,1-4H3,(H,27,28)(H2,23,25,26);1H. The smallest absolute Gasteiger partial charge is 0.239 e. The Hall–Kier alpha value is -2.43. The summed E-state index contributed by atoms with van der Waals surface area (Å²) in [6, 6.07) is 9.33. The number of rotatable bonds is 7. The summed E-state index contributed by atoms with van der Waals surface area (Å²) in [5, 5.41) is 9.02. The summed E-state index contributed by atoms with van der Waals surface area (Å²) < 4.78 is 18.6. The van der Waals surface area contributed by atoms with E-state index in [0.717, 1.165) is 5.56 Å². The number of aliphatic imine (C=N–C) groups is 1. The molecule has 1 aromatic carbocycles. The van der Waals surface area contributed by atoms with E-state index in [1.807, 2.05) is 33.8 Å². The molecule has 3 N–H and O–H groups in total. The van der Waals surface area contributed by atoms with E-state index in [1.54, 1.807) is 12.3 Å². The first kappa shape index (κ1) is 25.6. The van der Waals surface area contributed by atoms with Gasteiger partial charge in [0.25, 0.3) is 0 Å². The van der Waals surface area contributed by atoms with Gasteiger partial charge in [-0.05, 0) is 63.6 Å². The van der Waals surface area contributed by atoms with Gasteiger partial charge in [0, 0.05) is 24.3 Å². The van der Waals surface area contributed by atoms with Gasteiger partial charge in [-0.3, -0.25) is 4.79 Å². The fraction of sp³-hybridized carbons (Fsp3) is 0.381. The van der Waals surface area contributed by atoms with E-state index in [2.05, 4.69) is 25.9 Å². The van der Waals surface area contributed by atoms with Gasteiger partial charge in [0.05, 0.1) is 13.1 Å². The van der Waals surface area contributed by atoms with Crippen molar-refractivity contribution < 1.29 is 13.9 Å². The first-order valence-corrected chi connectivity index (χ1v) is 9.47. The molecule has 2 aromatic rings. The van der Waals surface area contributed by atoms with Crippen molar-refractivity contribution in [2.75, 3.05) is 13.1 Å². The van der Waals surface area contributed by atoms with E-state index < -0.39 is 0 Å². The summed E-state index contributed by atoms with van der Waals surface area (Å²) in [5.41, 5.74) is 0.597. The number of halogens is 2. The molecule has 1 heterocycles. The van der Waals surface area contributed by atoms with Crippen molar-refractivity contribution in [3.63, 3.8) is 0 Å². The molecule has 0 aliphatic rings. The Morgan fingerprint density at radius 2 is 1.87 bits per heavy atom. The zero-order valence-electron chi connectivity index (χ0n) is 17.7. The Balaban J connectivity index is 0.00000450. The van der Waals surface area contributed by atoms with Crippen LogP contribution in [0.3, 0.4) is 0 Å². The lowest BCUT2D eigenvalue weighted by molar-refractivity contribution is -0.121. The minimum atomic E-state index is -0.326. The van der Waals surface area contributed by atoms with Gasteiger partial charge in [0.15, 0.2) is 5.96 Å². The fourth-order valence-corrected chi connectivity index (χ4v) is 2.37. The first-order chi connectivity index (χ1) is 13.7. The van der Waals surface area contributed by atoms with Gasteiger partial charge in [-0.1, -0.05) is 0 Å². The number of hydrogen-bond donors (Lipinski definition) is 3. The monoisotopic (exact) mass is 529 g/mol. The van der Waals surface area contributed by atoms with E-state index in [-0.39, 0.29) is 47.8 Å². The maximum absolute atomic E-state index is 13.0. The van der Waals surface area contributed by atoms with Gasteiger partial charge in [0.1, 0.15) is 11.6 Å². The Kier molecular flexibility index (Phi) is 10.5. The number of guanidine groups is 1. The Morgan fingerprint density at radius 3 is 2.50 bits per heavy atom. The number of hydrogen-bond acceptors (Lipinski definition) is 4. The van der Waals surface area contributed by atoms with Gasteiger partial charge in [-0.25, -0.2) is 14.4 Å². The van der Waals surface area contributed by atoms with Crippen molar-refractivity contribution >= 4 is 35.8 Å². The van der Waals surface area contributed by atoms with Crippen molar-refractivity contribution in [3.05, 3.63) is 54.0 Å². The molecule has 0 fully saturated rings. The second kappa shape index (κ2) is 12.3. The van der Waals surface area contributed by atoms with Gasteiger partial charge < -0.3 is 20.7 Å². The van der Waals surface area contributed by atoms with Crippen LogP contribution in [0.15, 0.2) is 47.6 Å². The second-order valence-corrected chi connectivity index (χ2v) is 7.41. The lowest BCUT2D eigenvalue weighted by Gasteiger charge is -2.21. The number of nitrogens with one attached hydrogen (secondary N) is 3. The van der Waals surface area contributed by atoms with E-state index in [1.165, 1.54) is 24.3 Å². The van der Waals surface area contributed by atoms with E-state index in [0.29, 0.717) is 30.7 Å². The van der Waals surface area contributed by atoms with Crippen molar-refractivity contribution in [3.8, 4) is 11.6 Å². The highest BCUT2D eigenvalue weighted by Crippen LogP contribution is 2.20. The third-order valence-corrected chi connectivity index (χ3v) is 3.53. The number of ether oxygens (including phenoxy) is 1. The van der Waals surface area contributed by atoms with Crippen LogP contribution in [-0.4, -0.2) is 35.5 Å². The van der Waals surface area contributed by atoms with Crippen molar-refractivity contribution in [1.29, 1.82) is 0 Å². The predicted molar refractivity (Wildman–Crippen MR) is 127 cm³/mol. The third-order valence-electron chi connectivity index (χ3n) is 3.53. The fourth-order valence-electron chi connectivity index (χ4n) is 2.37. The molecule has 0 bridgehead atoms. The molecule has 0 unspecified atom stereocenters. The number of pyridine rings is 1. The number of nitrogens with zero attached hydrogens (tertiary/aromatic N) is 2. The maximum atomic E-state index is 13.0. The summed E-state index contributed by atoms with van der Waals surface area (Å²) in [5.74, 6) is 0.996. The lowest BCUT2D eigenvalue weighted by Crippen LogP contribution is -2.48. The molecule has 0 radical (unpaired) electrons. The normalized spacial score (nSPS) is 11.3. The molecule has 1 amide bonds. The molecule has 9 heteroatoms. The topological polar surface area (TPSA) is 87.6 Å². The van der Waals surface area contributed by atoms with Crippen LogP contribution in [0.2, 0.25) is 0 Å². The largest absolute Gasteiger partial charge is 0.439 e. The second-order valence-electron chi connectivity index (χ2n) is 7.41. The molecular formula is C21H29FIN5O2. The maximum Gasteiger partial charge on any atom is 0.239 e. The summed E-state index contributed by atoms with van der Waals surface area (Å²) in [6.07, 6.45) is 1.63. The Labute approximate surface area is 193 Å². The first-order valence-electron chi connectivity index (χ1n) is 9.47. The number of benzene rings is 1. The van der Waals surface area contributed by atoms with Crippen LogP contribution in [0.4, 0.5) is 4.39 Å². The van der Waals surface area contributed by atoms with Crippen molar-refractivity contribution in [1.82, 2.24) is 20.9 Å². The van der Waals surface area contributed by atoms with Crippen LogP contribution in [0, 0.1) is 5.82 Å². The number of aromatic nitrogens is 1. The molecule has 1 aromatic heterocycles. The molecule has 0 saturated carbocycles. The van der Waals surface area contributed by atoms with Crippen LogP contribution < -0.4 is 20.7 Å². The van der Waals surface area contributed by atoms with Crippen molar-refractivity contribution in [2.24, 2.45) is 4.99 Å². The lowest BCUT2D eigenvalue weighted by atomic mass is 10.1. The SMILES string of the molecule is CCNC(=NCc1ccnc(Oc2ccc(F)cc2)c1)NCC(=O)NC(C)(C)C.I. The van der Waals surface area contributed by atoms with E-state index >= 15 is 0 Å². The van der Waals surface area contributed by atoms with Crippen molar-refractivity contribution in [2.45, 2.75) is 39.8 Å². The minimum absolute atomic E-state index is 0.